The van der Waals surface area contributed by atoms with Crippen molar-refractivity contribution in [1.29, 1.82) is 0 Å². The van der Waals surface area contributed by atoms with Gasteiger partial charge in [0.1, 0.15) is 5.82 Å². The first kappa shape index (κ1) is 18.6. The molecule has 0 atom stereocenters. The molecule has 1 N–H and O–H groups in total. The number of nitrogens with one attached hydrogen (secondary N) is 1. The minimum atomic E-state index is -3.46. The van der Waals surface area contributed by atoms with Crippen LogP contribution in [0.5, 0.6) is 0 Å². The maximum atomic E-state index is 14.1. The summed E-state index contributed by atoms with van der Waals surface area (Å²) in [4.78, 5) is 28.9. The van der Waals surface area contributed by atoms with Crippen molar-refractivity contribution in [2.45, 2.75) is 26.2 Å². The molecule has 5 nitrogen and oxygen atoms in total. The van der Waals surface area contributed by atoms with E-state index in [0.29, 0.717) is 22.7 Å². The van der Waals surface area contributed by atoms with E-state index in [1.807, 2.05) is 0 Å². The van der Waals surface area contributed by atoms with Crippen molar-refractivity contribution < 1.29 is 18.0 Å². The van der Waals surface area contributed by atoms with Crippen LogP contribution in [0, 0.1) is 12.7 Å². The van der Waals surface area contributed by atoms with E-state index < -0.39 is 29.0 Å². The molecule has 0 aliphatic carbocycles. The van der Waals surface area contributed by atoms with Gasteiger partial charge in [-0.3, -0.25) is 15.0 Å². The molecular formula is C19H16F3N3O2. The number of hydrogen-bond acceptors (Lipinski definition) is 3. The number of aromatic nitrogens is 2. The zero-order valence-electron chi connectivity index (χ0n) is 14.6. The van der Waals surface area contributed by atoms with Crippen molar-refractivity contribution in [3.05, 3.63) is 75.6 Å². The minimum Gasteiger partial charge on any atom is -0.273 e. The van der Waals surface area contributed by atoms with Crippen LogP contribution in [0.25, 0.3) is 10.9 Å². The monoisotopic (exact) mass is 375 g/mol. The number of alkyl halides is 2. The lowest BCUT2D eigenvalue weighted by atomic mass is 10.1. The summed E-state index contributed by atoms with van der Waals surface area (Å²) >= 11 is 0. The Morgan fingerprint density at radius 3 is 2.48 bits per heavy atom. The molecule has 3 rings (SSSR count). The third kappa shape index (κ3) is 3.84. The van der Waals surface area contributed by atoms with Crippen molar-refractivity contribution in [3.8, 4) is 0 Å². The Bertz CT molecular complexity index is 1070. The predicted octanol–water partition coefficient (Wildman–Crippen LogP) is 3.27. The Hall–Kier alpha value is -3.16. The lowest BCUT2D eigenvalue weighted by Gasteiger charge is -2.18. The van der Waals surface area contributed by atoms with Crippen molar-refractivity contribution in [2.24, 2.45) is 0 Å². The van der Waals surface area contributed by atoms with Crippen molar-refractivity contribution >= 4 is 16.8 Å². The molecule has 1 heterocycles. The maximum Gasteiger partial charge on any atom is 0.303 e. The molecule has 0 unspecified atom stereocenters. The first-order valence-electron chi connectivity index (χ1n) is 8.12. The van der Waals surface area contributed by atoms with Crippen LogP contribution in [0.15, 0.2) is 47.3 Å². The zero-order chi connectivity index (χ0) is 19.8. The summed E-state index contributed by atoms with van der Waals surface area (Å²) in [6.45, 7) is 2.26. The molecule has 8 heteroatoms. The number of carbonyl (C=O) groups excluding carboxylic acids is 1. The highest BCUT2D eigenvalue weighted by Gasteiger charge is 2.32. The third-order valence-electron chi connectivity index (χ3n) is 4.01. The summed E-state index contributed by atoms with van der Waals surface area (Å²) in [5.74, 6) is -5.49. The summed E-state index contributed by atoms with van der Waals surface area (Å²) < 4.78 is 41.6. The van der Waals surface area contributed by atoms with Crippen LogP contribution in [0.3, 0.4) is 0 Å². The largest absolute Gasteiger partial charge is 0.303 e. The van der Waals surface area contributed by atoms with Crippen LogP contribution in [0.4, 0.5) is 13.2 Å². The summed E-state index contributed by atoms with van der Waals surface area (Å²) in [6, 6.07) is 9.88. The van der Waals surface area contributed by atoms with Gasteiger partial charge in [-0.25, -0.2) is 9.37 Å². The van der Waals surface area contributed by atoms with Crippen molar-refractivity contribution in [3.63, 3.8) is 0 Å². The number of aryl methyl sites for hydroxylation is 1. The van der Waals surface area contributed by atoms with E-state index in [9.17, 15) is 22.8 Å². The Morgan fingerprint density at radius 2 is 1.85 bits per heavy atom. The highest BCUT2D eigenvalue weighted by Crippen LogP contribution is 2.26. The number of nitrogens with zero attached hydrogens (tertiary/aromatic N) is 2. The van der Waals surface area contributed by atoms with E-state index in [4.69, 9.17) is 0 Å². The molecule has 27 heavy (non-hydrogen) atoms. The summed E-state index contributed by atoms with van der Waals surface area (Å²) in [5, 5.41) is 0.116. The molecule has 0 saturated heterocycles. The quantitative estimate of drug-likeness (QED) is 0.761. The number of benzene rings is 2. The average molecular weight is 375 g/mol. The minimum absolute atomic E-state index is 0.116. The number of fused-ring (bicyclic) bond motifs is 1. The summed E-state index contributed by atoms with van der Waals surface area (Å²) in [5.41, 5.74) is 2.58. The van der Waals surface area contributed by atoms with Crippen molar-refractivity contribution in [1.82, 2.24) is 9.66 Å². The Morgan fingerprint density at radius 1 is 1.19 bits per heavy atom. The van der Waals surface area contributed by atoms with Gasteiger partial charge >= 0.3 is 5.92 Å². The van der Waals surface area contributed by atoms with E-state index >= 15 is 0 Å². The molecule has 1 aromatic heterocycles. The number of halogens is 3. The normalized spacial score (nSPS) is 11.6. The lowest BCUT2D eigenvalue weighted by Crippen LogP contribution is -2.39. The molecule has 1 amide bonds. The lowest BCUT2D eigenvalue weighted by molar-refractivity contribution is -0.116. The van der Waals surface area contributed by atoms with Crippen molar-refractivity contribution in [2.75, 3.05) is 5.43 Å². The van der Waals surface area contributed by atoms with Crippen LogP contribution in [0.1, 0.15) is 23.9 Å². The Kier molecular flexibility index (Phi) is 4.73. The highest BCUT2D eigenvalue weighted by atomic mass is 19.3. The van der Waals surface area contributed by atoms with Gasteiger partial charge in [-0.2, -0.15) is 13.5 Å². The van der Waals surface area contributed by atoms with E-state index in [-0.39, 0.29) is 17.3 Å². The maximum absolute atomic E-state index is 14.1. The van der Waals surface area contributed by atoms with Crippen LogP contribution >= 0.6 is 0 Å². The van der Waals surface area contributed by atoms with Gasteiger partial charge in [0.2, 0.25) is 11.7 Å². The van der Waals surface area contributed by atoms with Gasteiger partial charge in [0, 0.05) is 6.92 Å². The van der Waals surface area contributed by atoms with Gasteiger partial charge in [0.15, 0.2) is 0 Å². The van der Waals surface area contributed by atoms with Gasteiger partial charge in [-0.1, -0.05) is 24.3 Å². The van der Waals surface area contributed by atoms with Crippen LogP contribution in [0.2, 0.25) is 0 Å². The number of carbonyl (C=O) groups is 1. The fraction of sp³-hybridized carbons (Fsp3) is 0.211. The molecule has 0 radical (unpaired) electrons. The van der Waals surface area contributed by atoms with Gasteiger partial charge in [0.25, 0.3) is 5.56 Å². The molecule has 2 aromatic carbocycles. The smallest absolute Gasteiger partial charge is 0.273 e. The first-order chi connectivity index (χ1) is 12.7. The standard InChI is InChI=1S/C19H16F3N3O2/c1-11-4-3-5-14-16(11)23-18(19(2,21)22)25(17(14)27)24-15(26)10-12-6-8-13(20)9-7-12/h3-9H,10H2,1-2H3,(H,24,26). The second-order valence-corrected chi connectivity index (χ2v) is 6.27. The van der Waals surface area contributed by atoms with E-state index in [0.717, 1.165) is 0 Å². The van der Waals surface area contributed by atoms with Gasteiger partial charge in [-0.15, -0.1) is 0 Å². The molecule has 0 spiro atoms. The Balaban J connectivity index is 2.04. The zero-order valence-corrected chi connectivity index (χ0v) is 14.6. The number of amides is 1. The second-order valence-electron chi connectivity index (χ2n) is 6.27. The van der Waals surface area contributed by atoms with Crippen LogP contribution in [-0.4, -0.2) is 15.6 Å². The van der Waals surface area contributed by atoms with Crippen LogP contribution in [-0.2, 0) is 17.1 Å². The van der Waals surface area contributed by atoms with Crippen LogP contribution < -0.4 is 11.0 Å². The van der Waals surface area contributed by atoms with E-state index in [1.54, 1.807) is 19.1 Å². The van der Waals surface area contributed by atoms with E-state index in [1.165, 1.54) is 30.3 Å². The molecule has 0 aliphatic rings. The fourth-order valence-corrected chi connectivity index (χ4v) is 2.70. The first-order valence-corrected chi connectivity index (χ1v) is 8.12. The molecule has 140 valence electrons. The number of rotatable bonds is 4. The molecular weight excluding hydrogens is 359 g/mol. The molecule has 3 aromatic rings. The summed E-state index contributed by atoms with van der Waals surface area (Å²) in [6.07, 6.45) is -0.215. The summed E-state index contributed by atoms with van der Waals surface area (Å²) in [7, 11) is 0. The molecule has 0 fully saturated rings. The topological polar surface area (TPSA) is 64.0 Å². The molecule has 0 saturated carbocycles. The third-order valence-corrected chi connectivity index (χ3v) is 4.01. The Labute approximate surface area is 152 Å². The second kappa shape index (κ2) is 6.86. The molecule has 0 bridgehead atoms. The SMILES string of the molecule is Cc1cccc2c(=O)n(NC(=O)Cc3ccc(F)cc3)c(C(C)(F)F)nc12. The highest BCUT2D eigenvalue weighted by molar-refractivity contribution is 5.87. The predicted molar refractivity (Wildman–Crippen MR) is 94.8 cm³/mol. The number of hydrogen-bond donors (Lipinski definition) is 1. The fourth-order valence-electron chi connectivity index (χ4n) is 2.70. The number of para-hydroxylation sites is 1. The van der Waals surface area contributed by atoms with Gasteiger partial charge in [-0.05, 0) is 36.2 Å². The van der Waals surface area contributed by atoms with Gasteiger partial charge < -0.3 is 0 Å². The average Bonchev–Trinajstić information content (AvgIpc) is 2.59. The molecule has 0 aliphatic heterocycles. The van der Waals surface area contributed by atoms with Gasteiger partial charge in [0.05, 0.1) is 17.3 Å². The van der Waals surface area contributed by atoms with E-state index in [2.05, 4.69) is 10.4 Å².